The molecule has 0 bridgehead atoms. The first-order valence-electron chi connectivity index (χ1n) is 10.5. The first-order chi connectivity index (χ1) is 19.9. The van der Waals surface area contributed by atoms with Crippen molar-refractivity contribution in [1.82, 2.24) is 0 Å². The number of hydrogen-bond donors (Lipinski definition) is 0. The highest BCUT2D eigenvalue weighted by atomic mass is 32.2. The number of nitro groups is 1. The lowest BCUT2D eigenvalue weighted by molar-refractivity contribution is -0.474. The van der Waals surface area contributed by atoms with Crippen molar-refractivity contribution in [3.8, 4) is 0 Å². The van der Waals surface area contributed by atoms with E-state index in [0.717, 1.165) is 6.07 Å². The topological polar surface area (TPSA) is 86.5 Å². The van der Waals surface area contributed by atoms with E-state index >= 15 is 0 Å². The maximum atomic E-state index is 13.9. The molecule has 6 nitrogen and oxygen atoms in total. The van der Waals surface area contributed by atoms with Crippen molar-refractivity contribution in [2.45, 2.75) is 70.8 Å². The van der Waals surface area contributed by atoms with E-state index < -0.39 is 98.1 Å². The van der Waals surface area contributed by atoms with Crippen molar-refractivity contribution in [2.24, 2.45) is 0 Å². The molecule has 1 aromatic carbocycles. The SMILES string of the molecule is O=[N+]([O-])c1ccccc1S(=O)(=O)OCCC(F)(F)C(F)(F)C(F)(F)C(F)(F)C(F)(F)C(F)(F)C(F)(F)C(F)(F)C(F)(F)C(F)(F)F. The van der Waals surface area contributed by atoms with E-state index in [9.17, 15) is 111 Å². The second kappa shape index (κ2) is 11.3. The fraction of sp³-hybridized carbons (Fsp3) is 0.667. The minimum atomic E-state index is -9.32. The van der Waals surface area contributed by atoms with Crippen LogP contribution in [-0.4, -0.2) is 79.4 Å². The van der Waals surface area contributed by atoms with Crippen LogP contribution in [0.2, 0.25) is 0 Å². The molecule has 1 rings (SSSR count). The van der Waals surface area contributed by atoms with Crippen molar-refractivity contribution in [1.29, 1.82) is 0 Å². The molecule has 0 spiro atoms. The molecule has 0 saturated carbocycles. The van der Waals surface area contributed by atoms with Gasteiger partial charge in [-0.25, -0.2) is 0 Å². The Hall–Kier alpha value is -2.94. The maximum Gasteiger partial charge on any atom is 0.460 e. The molecule has 0 aliphatic rings. The molecule has 0 aliphatic heterocycles. The van der Waals surface area contributed by atoms with Crippen LogP contribution in [0.25, 0.3) is 0 Å². The van der Waals surface area contributed by atoms with Gasteiger partial charge in [0.2, 0.25) is 0 Å². The Kier molecular flexibility index (Phi) is 10.1. The second-order valence-corrected chi connectivity index (χ2v) is 10.1. The number of benzene rings is 1. The van der Waals surface area contributed by atoms with Gasteiger partial charge in [-0.2, -0.15) is 101 Å². The second-order valence-electron chi connectivity index (χ2n) is 8.55. The molecule has 0 radical (unpaired) electrons. The van der Waals surface area contributed by atoms with Crippen LogP contribution in [0.3, 0.4) is 0 Å². The average molecular weight is 749 g/mol. The minimum absolute atomic E-state index is 0.293. The number of alkyl halides is 21. The number of para-hydroxylation sites is 1. The molecule has 1 aromatic rings. The summed E-state index contributed by atoms with van der Waals surface area (Å²) in [6.45, 7) is -2.62. The summed E-state index contributed by atoms with van der Waals surface area (Å²) in [5.74, 6) is -78.8. The van der Waals surface area contributed by atoms with Crippen molar-refractivity contribution < 1.29 is 110 Å². The first-order valence-corrected chi connectivity index (χ1v) is 11.9. The van der Waals surface area contributed by atoms with Gasteiger partial charge in [0.05, 0.1) is 11.5 Å². The third kappa shape index (κ3) is 5.75. The Morgan fingerprint density at radius 3 is 1.24 bits per heavy atom. The lowest BCUT2D eigenvalue weighted by atomic mass is 9.86. The zero-order chi connectivity index (χ0) is 37.2. The van der Waals surface area contributed by atoms with Gasteiger partial charge in [0.25, 0.3) is 5.69 Å². The van der Waals surface area contributed by atoms with E-state index in [1.54, 1.807) is 0 Å². The number of halogens is 21. The van der Waals surface area contributed by atoms with Crippen LogP contribution in [0.4, 0.5) is 97.9 Å². The summed E-state index contributed by atoms with van der Waals surface area (Å²) >= 11 is 0. The summed E-state index contributed by atoms with van der Waals surface area (Å²) in [6.07, 6.45) is -11.5. The zero-order valence-electron chi connectivity index (χ0n) is 20.6. The predicted octanol–water partition coefficient (Wildman–Crippen LogP) is 7.97. The fourth-order valence-electron chi connectivity index (χ4n) is 2.91. The average Bonchev–Trinajstić information content (AvgIpc) is 2.86. The van der Waals surface area contributed by atoms with Gasteiger partial charge in [-0.15, -0.1) is 0 Å². The summed E-state index contributed by atoms with van der Waals surface area (Å²) in [6, 6.07) is 2.17. The summed E-state index contributed by atoms with van der Waals surface area (Å²) in [4.78, 5) is 7.80. The predicted molar refractivity (Wildman–Crippen MR) is 101 cm³/mol. The van der Waals surface area contributed by atoms with E-state index in [1.807, 2.05) is 0 Å². The molecule has 0 unspecified atom stereocenters. The molecule has 0 heterocycles. The largest absolute Gasteiger partial charge is 0.460 e. The van der Waals surface area contributed by atoms with Gasteiger partial charge in [-0.3, -0.25) is 14.3 Å². The van der Waals surface area contributed by atoms with Gasteiger partial charge < -0.3 is 0 Å². The van der Waals surface area contributed by atoms with Crippen LogP contribution in [0.5, 0.6) is 0 Å². The molecule has 46 heavy (non-hydrogen) atoms. The van der Waals surface area contributed by atoms with E-state index in [-0.39, 0.29) is 0 Å². The smallest absolute Gasteiger partial charge is 0.266 e. The normalized spacial score (nSPS) is 15.7. The number of nitrogens with zero attached hydrogens (tertiary/aromatic N) is 1. The monoisotopic (exact) mass is 749 g/mol. The van der Waals surface area contributed by atoms with Gasteiger partial charge in [-0.1, -0.05) is 12.1 Å². The molecule has 0 atom stereocenters. The summed E-state index contributed by atoms with van der Waals surface area (Å²) < 4.78 is 308. The number of nitro benzene ring substituents is 1. The highest BCUT2D eigenvalue weighted by Crippen LogP contribution is 2.66. The van der Waals surface area contributed by atoms with Crippen LogP contribution < -0.4 is 0 Å². The number of rotatable bonds is 14. The van der Waals surface area contributed by atoms with Crippen LogP contribution in [0.1, 0.15) is 6.42 Å². The molecular formula is C18H8F21NO5S. The van der Waals surface area contributed by atoms with Crippen LogP contribution in [0, 0.1) is 10.1 Å². The molecule has 0 aromatic heterocycles. The van der Waals surface area contributed by atoms with Crippen molar-refractivity contribution >= 4 is 15.8 Å². The van der Waals surface area contributed by atoms with E-state index in [1.165, 1.54) is 0 Å². The maximum absolute atomic E-state index is 13.9. The lowest BCUT2D eigenvalue weighted by Gasteiger charge is -2.44. The standard InChI is InChI=1S/C18H8F21NO5S/c19-9(20,5-6-45-46(43,44)8-4-2-1-3-7(8)40(41)42)10(21,22)11(23,24)12(25,26)13(27,28)14(29,30)15(31,32)16(33,34)17(35,36)18(37,38)39/h1-4H,5-6H2. The highest BCUT2D eigenvalue weighted by Gasteiger charge is 2.97. The van der Waals surface area contributed by atoms with Crippen LogP contribution in [0.15, 0.2) is 29.2 Å². The third-order valence-corrected chi connectivity index (χ3v) is 6.92. The van der Waals surface area contributed by atoms with E-state index in [2.05, 4.69) is 4.18 Å². The summed E-state index contributed by atoms with van der Waals surface area (Å²) in [5, 5.41) is 10.8. The Labute approximate surface area is 238 Å². The molecule has 28 heteroatoms. The Bertz CT molecular complexity index is 1410. The van der Waals surface area contributed by atoms with E-state index in [0.29, 0.717) is 18.2 Å². The minimum Gasteiger partial charge on any atom is -0.266 e. The molecule has 268 valence electrons. The van der Waals surface area contributed by atoms with Crippen molar-refractivity contribution in [3.05, 3.63) is 34.4 Å². The Morgan fingerprint density at radius 1 is 0.565 bits per heavy atom. The highest BCUT2D eigenvalue weighted by molar-refractivity contribution is 7.87. The first kappa shape index (κ1) is 41.1. The molecule has 0 amide bonds. The van der Waals surface area contributed by atoms with Gasteiger partial charge in [0.15, 0.2) is 4.90 Å². The van der Waals surface area contributed by atoms with Gasteiger partial charge >= 0.3 is 69.6 Å². The summed E-state index contributed by atoms with van der Waals surface area (Å²) in [7, 11) is -5.73. The number of hydrogen-bond acceptors (Lipinski definition) is 5. The molecular weight excluding hydrogens is 741 g/mol. The quantitative estimate of drug-likeness (QED) is 0.0834. The van der Waals surface area contributed by atoms with E-state index in [4.69, 9.17) is 0 Å². The Balaban J connectivity index is 3.55. The van der Waals surface area contributed by atoms with Crippen LogP contribution >= 0.6 is 0 Å². The molecule has 0 fully saturated rings. The third-order valence-electron chi connectivity index (χ3n) is 5.56. The molecule has 0 N–H and O–H groups in total. The van der Waals surface area contributed by atoms with Crippen LogP contribution in [-0.2, 0) is 14.3 Å². The summed E-state index contributed by atoms with van der Waals surface area (Å²) in [5.41, 5.74) is -1.41. The van der Waals surface area contributed by atoms with Crippen molar-refractivity contribution in [2.75, 3.05) is 6.61 Å². The van der Waals surface area contributed by atoms with Crippen molar-refractivity contribution in [3.63, 3.8) is 0 Å². The lowest BCUT2D eigenvalue weighted by Crippen LogP contribution is -2.76. The van der Waals surface area contributed by atoms with Gasteiger partial charge in [0, 0.05) is 12.5 Å². The van der Waals surface area contributed by atoms with Gasteiger partial charge in [-0.05, 0) is 6.07 Å². The molecule has 0 aliphatic carbocycles. The molecule has 0 saturated heterocycles. The fourth-order valence-corrected chi connectivity index (χ4v) is 3.98. The zero-order valence-corrected chi connectivity index (χ0v) is 21.4. The van der Waals surface area contributed by atoms with Gasteiger partial charge in [0.1, 0.15) is 0 Å². The Morgan fingerprint density at radius 2 is 0.891 bits per heavy atom.